The molecule has 0 aliphatic carbocycles. The van der Waals surface area contributed by atoms with E-state index in [-0.39, 0.29) is 12.2 Å². The van der Waals surface area contributed by atoms with E-state index in [9.17, 15) is 9.59 Å². The summed E-state index contributed by atoms with van der Waals surface area (Å²) in [5, 5.41) is 16.7. The maximum absolute atomic E-state index is 10.2. The zero-order valence-corrected chi connectivity index (χ0v) is 9.59. The summed E-state index contributed by atoms with van der Waals surface area (Å²) in [5.41, 5.74) is 0. The van der Waals surface area contributed by atoms with Crippen molar-refractivity contribution in [3.8, 4) is 0 Å². The highest BCUT2D eigenvalue weighted by Gasteiger charge is 1.98. The summed E-state index contributed by atoms with van der Waals surface area (Å²) in [6, 6.07) is 0. The Morgan fingerprint density at radius 3 is 2.07 bits per heavy atom. The number of hydrogen-bond acceptors (Lipinski definition) is 3. The summed E-state index contributed by atoms with van der Waals surface area (Å²) >= 11 is 1.44. The molecule has 88 valence electrons. The molecule has 0 atom stereocenters. The molecule has 5 heteroatoms. The Hall–Kier alpha value is -0.710. The van der Waals surface area contributed by atoms with E-state index in [0.29, 0.717) is 0 Å². The van der Waals surface area contributed by atoms with Gasteiger partial charge < -0.3 is 10.2 Å². The number of aliphatic carboxylic acids is 2. The van der Waals surface area contributed by atoms with Crippen LogP contribution in [0.25, 0.3) is 0 Å². The van der Waals surface area contributed by atoms with Gasteiger partial charge in [-0.15, -0.1) is 0 Å². The standard InChI is InChI=1S/C10H18O4S/c11-9(12)6-4-2-1-3-5-7-15-8-10(13)14/h1-8H2,(H,11,12)(H,13,14). The molecule has 0 unspecified atom stereocenters. The topological polar surface area (TPSA) is 74.6 Å². The van der Waals surface area contributed by atoms with Crippen LogP contribution in [0.15, 0.2) is 0 Å². The lowest BCUT2D eigenvalue weighted by Crippen LogP contribution is -1.98. The number of unbranched alkanes of at least 4 members (excludes halogenated alkanes) is 4. The molecule has 0 saturated heterocycles. The number of thioether (sulfide) groups is 1. The van der Waals surface area contributed by atoms with Gasteiger partial charge in [0, 0.05) is 6.42 Å². The van der Waals surface area contributed by atoms with Crippen molar-refractivity contribution in [2.45, 2.75) is 38.5 Å². The summed E-state index contributed by atoms with van der Waals surface area (Å²) in [5.74, 6) is -0.432. The highest BCUT2D eigenvalue weighted by molar-refractivity contribution is 7.99. The third-order valence-corrected chi connectivity index (χ3v) is 2.93. The predicted octanol–water partition coefficient (Wildman–Crippen LogP) is 2.23. The van der Waals surface area contributed by atoms with Crippen molar-refractivity contribution in [1.29, 1.82) is 0 Å². The summed E-state index contributed by atoms with van der Waals surface area (Å²) in [7, 11) is 0. The van der Waals surface area contributed by atoms with Gasteiger partial charge >= 0.3 is 11.9 Å². The Morgan fingerprint density at radius 2 is 1.47 bits per heavy atom. The zero-order valence-electron chi connectivity index (χ0n) is 8.78. The molecule has 0 heterocycles. The summed E-state index contributed by atoms with van der Waals surface area (Å²) < 4.78 is 0. The highest BCUT2D eigenvalue weighted by Crippen LogP contribution is 2.09. The van der Waals surface area contributed by atoms with Gasteiger partial charge in [0.2, 0.25) is 0 Å². The Balaban J connectivity index is 2.99. The third kappa shape index (κ3) is 13.3. The maximum atomic E-state index is 10.2. The molecule has 0 saturated carbocycles. The van der Waals surface area contributed by atoms with Gasteiger partial charge in [-0.2, -0.15) is 11.8 Å². The lowest BCUT2D eigenvalue weighted by atomic mass is 10.1. The fourth-order valence-corrected chi connectivity index (χ4v) is 1.90. The van der Waals surface area contributed by atoms with E-state index >= 15 is 0 Å². The quantitative estimate of drug-likeness (QED) is 0.567. The molecule has 2 N–H and O–H groups in total. The van der Waals surface area contributed by atoms with Crippen LogP contribution in [0.3, 0.4) is 0 Å². The number of rotatable bonds is 10. The normalized spacial score (nSPS) is 10.1. The molecule has 0 aromatic rings. The van der Waals surface area contributed by atoms with E-state index < -0.39 is 11.9 Å². The van der Waals surface area contributed by atoms with E-state index in [2.05, 4.69) is 0 Å². The first-order valence-corrected chi connectivity index (χ1v) is 6.29. The smallest absolute Gasteiger partial charge is 0.313 e. The highest BCUT2D eigenvalue weighted by atomic mass is 32.2. The average Bonchev–Trinajstić information content (AvgIpc) is 2.14. The van der Waals surface area contributed by atoms with Crippen LogP contribution in [0.5, 0.6) is 0 Å². The molecule has 0 aliphatic heterocycles. The molecule has 0 radical (unpaired) electrons. The van der Waals surface area contributed by atoms with Crippen molar-refractivity contribution in [3.05, 3.63) is 0 Å². The van der Waals surface area contributed by atoms with Crippen LogP contribution in [0.4, 0.5) is 0 Å². The lowest BCUT2D eigenvalue weighted by molar-refractivity contribution is -0.137. The van der Waals surface area contributed by atoms with Gasteiger partial charge in [-0.25, -0.2) is 0 Å². The van der Waals surface area contributed by atoms with Gasteiger partial charge in [-0.3, -0.25) is 9.59 Å². The molecule has 0 rings (SSSR count). The van der Waals surface area contributed by atoms with Gasteiger partial charge in [0.05, 0.1) is 5.75 Å². The van der Waals surface area contributed by atoms with Gasteiger partial charge in [0.25, 0.3) is 0 Å². The molecule has 4 nitrogen and oxygen atoms in total. The average molecular weight is 234 g/mol. The van der Waals surface area contributed by atoms with Gasteiger partial charge in [-0.1, -0.05) is 19.3 Å². The second kappa shape index (κ2) is 9.83. The Labute approximate surface area is 94.1 Å². The second-order valence-electron chi connectivity index (χ2n) is 3.36. The first-order chi connectivity index (χ1) is 7.13. The Kier molecular flexibility index (Phi) is 9.36. The number of carboxylic acids is 2. The van der Waals surface area contributed by atoms with E-state index in [1.165, 1.54) is 11.8 Å². The molecule has 0 aliphatic rings. The second-order valence-corrected chi connectivity index (χ2v) is 4.46. The van der Waals surface area contributed by atoms with Crippen molar-refractivity contribution in [1.82, 2.24) is 0 Å². The maximum Gasteiger partial charge on any atom is 0.313 e. The predicted molar refractivity (Wildman–Crippen MR) is 60.3 cm³/mol. The van der Waals surface area contributed by atoms with Gasteiger partial charge in [-0.05, 0) is 18.6 Å². The van der Waals surface area contributed by atoms with Crippen LogP contribution in [-0.4, -0.2) is 33.7 Å². The van der Waals surface area contributed by atoms with Crippen molar-refractivity contribution in [2.24, 2.45) is 0 Å². The number of hydrogen-bond donors (Lipinski definition) is 2. The number of carbonyl (C=O) groups is 2. The third-order valence-electron chi connectivity index (χ3n) is 1.90. The minimum atomic E-state index is -0.763. The van der Waals surface area contributed by atoms with Crippen molar-refractivity contribution in [3.63, 3.8) is 0 Å². The van der Waals surface area contributed by atoms with Gasteiger partial charge in [0.1, 0.15) is 0 Å². The van der Waals surface area contributed by atoms with Crippen LogP contribution < -0.4 is 0 Å². The van der Waals surface area contributed by atoms with Gasteiger partial charge in [0.15, 0.2) is 0 Å². The SMILES string of the molecule is O=C(O)CCCCCCCSCC(=O)O. The first kappa shape index (κ1) is 14.3. The van der Waals surface area contributed by atoms with Crippen LogP contribution in [0, 0.1) is 0 Å². The number of carboxylic acid groups (broad SMARTS) is 2. The van der Waals surface area contributed by atoms with Crippen molar-refractivity contribution >= 4 is 23.7 Å². The summed E-state index contributed by atoms with van der Waals surface area (Å²) in [4.78, 5) is 20.3. The lowest BCUT2D eigenvalue weighted by Gasteiger charge is -1.99. The molecule has 0 aromatic carbocycles. The van der Waals surface area contributed by atoms with Crippen LogP contribution in [0.2, 0.25) is 0 Å². The molecule has 0 bridgehead atoms. The van der Waals surface area contributed by atoms with Crippen LogP contribution in [-0.2, 0) is 9.59 Å². The van der Waals surface area contributed by atoms with E-state index in [1.807, 2.05) is 0 Å². The van der Waals surface area contributed by atoms with E-state index in [0.717, 1.165) is 37.9 Å². The zero-order chi connectivity index (χ0) is 11.5. The molecule has 0 spiro atoms. The molecule has 0 amide bonds. The molecule has 0 fully saturated rings. The van der Waals surface area contributed by atoms with Crippen LogP contribution in [0.1, 0.15) is 38.5 Å². The fraction of sp³-hybridized carbons (Fsp3) is 0.800. The van der Waals surface area contributed by atoms with Crippen molar-refractivity contribution in [2.75, 3.05) is 11.5 Å². The monoisotopic (exact) mass is 234 g/mol. The molecular formula is C10H18O4S. The van der Waals surface area contributed by atoms with Crippen molar-refractivity contribution < 1.29 is 19.8 Å². The minimum Gasteiger partial charge on any atom is -0.481 e. The van der Waals surface area contributed by atoms with E-state index in [1.54, 1.807) is 0 Å². The summed E-state index contributed by atoms with van der Waals surface area (Å²) in [6.07, 6.45) is 5.08. The summed E-state index contributed by atoms with van der Waals surface area (Å²) in [6.45, 7) is 0. The Bertz CT molecular complexity index is 174. The molecule has 15 heavy (non-hydrogen) atoms. The largest absolute Gasteiger partial charge is 0.481 e. The minimum absolute atomic E-state index is 0.180. The molecular weight excluding hydrogens is 216 g/mol. The fourth-order valence-electron chi connectivity index (χ4n) is 1.17. The van der Waals surface area contributed by atoms with Crippen LogP contribution >= 0.6 is 11.8 Å². The van der Waals surface area contributed by atoms with E-state index in [4.69, 9.17) is 10.2 Å². The molecule has 0 aromatic heterocycles. The Morgan fingerprint density at radius 1 is 0.867 bits per heavy atom. The first-order valence-electron chi connectivity index (χ1n) is 5.14.